The van der Waals surface area contributed by atoms with Gasteiger partial charge in [-0.1, -0.05) is 26.0 Å². The van der Waals surface area contributed by atoms with Gasteiger partial charge in [0.25, 0.3) is 0 Å². The van der Waals surface area contributed by atoms with E-state index in [4.69, 9.17) is 0 Å². The molecular formula is C17H26N2O. The van der Waals surface area contributed by atoms with Crippen LogP contribution in [0.25, 0.3) is 0 Å². The first-order valence-corrected chi connectivity index (χ1v) is 7.99. The summed E-state index contributed by atoms with van der Waals surface area (Å²) in [4.78, 5) is 13.5. The van der Waals surface area contributed by atoms with E-state index in [0.29, 0.717) is 23.8 Å². The lowest BCUT2D eigenvalue weighted by atomic mass is 9.66. The smallest absolute Gasteiger partial charge is 0.219 e. The molecule has 2 unspecified atom stereocenters. The minimum Gasteiger partial charge on any atom is -0.382 e. The third kappa shape index (κ3) is 2.38. The SMILES string of the molecule is CC(=O)N1CC2CC(C1)C2NC1=CCCC=C1C(C)C. The summed E-state index contributed by atoms with van der Waals surface area (Å²) in [6, 6.07) is 0.581. The van der Waals surface area contributed by atoms with E-state index in [9.17, 15) is 4.79 Å². The van der Waals surface area contributed by atoms with Gasteiger partial charge in [0.05, 0.1) is 0 Å². The van der Waals surface area contributed by atoms with Crippen molar-refractivity contribution in [2.24, 2.45) is 17.8 Å². The van der Waals surface area contributed by atoms with Gasteiger partial charge in [-0.05, 0) is 42.6 Å². The second kappa shape index (κ2) is 5.27. The summed E-state index contributed by atoms with van der Waals surface area (Å²) in [5.74, 6) is 2.11. The van der Waals surface area contributed by atoms with E-state index in [1.807, 2.05) is 4.90 Å². The first-order valence-electron chi connectivity index (χ1n) is 7.99. The fourth-order valence-corrected chi connectivity index (χ4v) is 3.94. The highest BCUT2D eigenvalue weighted by atomic mass is 16.2. The Balaban J connectivity index is 1.64. The predicted molar refractivity (Wildman–Crippen MR) is 81.0 cm³/mol. The van der Waals surface area contributed by atoms with Crippen LogP contribution in [0.2, 0.25) is 0 Å². The Hall–Kier alpha value is -1.25. The van der Waals surface area contributed by atoms with E-state index in [-0.39, 0.29) is 5.91 Å². The first kappa shape index (κ1) is 13.7. The van der Waals surface area contributed by atoms with Crippen LogP contribution in [-0.2, 0) is 4.79 Å². The van der Waals surface area contributed by atoms with Gasteiger partial charge in [0.1, 0.15) is 0 Å². The van der Waals surface area contributed by atoms with Crippen LogP contribution in [0.4, 0.5) is 0 Å². The zero-order valence-corrected chi connectivity index (χ0v) is 12.9. The van der Waals surface area contributed by atoms with Crippen LogP contribution in [0.1, 0.15) is 40.0 Å². The number of allylic oxidation sites excluding steroid dienone is 3. The van der Waals surface area contributed by atoms with Crippen molar-refractivity contribution in [2.75, 3.05) is 13.1 Å². The van der Waals surface area contributed by atoms with Gasteiger partial charge in [-0.15, -0.1) is 0 Å². The lowest BCUT2D eigenvalue weighted by Gasteiger charge is -2.54. The Labute approximate surface area is 122 Å². The number of rotatable bonds is 3. The summed E-state index contributed by atoms with van der Waals surface area (Å²) < 4.78 is 0. The molecule has 2 saturated heterocycles. The van der Waals surface area contributed by atoms with Gasteiger partial charge < -0.3 is 10.2 Å². The monoisotopic (exact) mass is 274 g/mol. The molecule has 20 heavy (non-hydrogen) atoms. The highest BCUT2D eigenvalue weighted by Gasteiger charge is 2.47. The van der Waals surface area contributed by atoms with Crippen LogP contribution in [0.3, 0.4) is 0 Å². The highest BCUT2D eigenvalue weighted by molar-refractivity contribution is 5.73. The average Bonchev–Trinajstić information content (AvgIpc) is 2.45. The molecule has 2 aliphatic carbocycles. The summed E-state index contributed by atoms with van der Waals surface area (Å²) in [5, 5.41) is 3.80. The van der Waals surface area contributed by atoms with Gasteiger partial charge in [-0.25, -0.2) is 0 Å². The Morgan fingerprint density at radius 1 is 1.25 bits per heavy atom. The summed E-state index contributed by atoms with van der Waals surface area (Å²) in [5.41, 5.74) is 2.84. The Kier molecular flexibility index (Phi) is 3.61. The van der Waals surface area contributed by atoms with Crippen LogP contribution in [0, 0.1) is 17.8 Å². The van der Waals surface area contributed by atoms with Crippen molar-refractivity contribution in [3.05, 3.63) is 23.4 Å². The number of nitrogens with zero attached hydrogens (tertiary/aromatic N) is 1. The second-order valence-electron chi connectivity index (χ2n) is 6.86. The van der Waals surface area contributed by atoms with Crippen molar-refractivity contribution in [3.8, 4) is 0 Å². The number of nitrogens with one attached hydrogen (secondary N) is 1. The molecule has 2 aliphatic heterocycles. The van der Waals surface area contributed by atoms with Gasteiger partial charge >= 0.3 is 0 Å². The molecule has 4 rings (SSSR count). The lowest BCUT2D eigenvalue weighted by Crippen LogP contribution is -2.64. The molecule has 1 N–H and O–H groups in total. The molecule has 0 aromatic carbocycles. The predicted octanol–water partition coefficient (Wildman–Crippen LogP) is 2.70. The summed E-state index contributed by atoms with van der Waals surface area (Å²) in [6.45, 7) is 8.11. The number of piperidine rings is 2. The van der Waals surface area contributed by atoms with Crippen LogP contribution >= 0.6 is 0 Å². The zero-order valence-electron chi connectivity index (χ0n) is 12.9. The molecule has 0 aromatic heterocycles. The number of hydrogen-bond donors (Lipinski definition) is 1. The number of carbonyl (C=O) groups excluding carboxylic acids is 1. The topological polar surface area (TPSA) is 32.3 Å². The molecule has 2 bridgehead atoms. The van der Waals surface area contributed by atoms with Gasteiger partial charge in [0.2, 0.25) is 5.91 Å². The minimum absolute atomic E-state index is 0.234. The van der Waals surface area contributed by atoms with Crippen LogP contribution in [0.5, 0.6) is 0 Å². The third-order valence-electron chi connectivity index (χ3n) is 5.11. The molecule has 4 aliphatic rings. The van der Waals surface area contributed by atoms with E-state index in [0.717, 1.165) is 19.5 Å². The molecule has 3 heteroatoms. The maximum Gasteiger partial charge on any atom is 0.219 e. The summed E-state index contributed by atoms with van der Waals surface area (Å²) in [6.07, 6.45) is 8.37. The Morgan fingerprint density at radius 3 is 2.50 bits per heavy atom. The van der Waals surface area contributed by atoms with Gasteiger partial charge in [-0.2, -0.15) is 0 Å². The van der Waals surface area contributed by atoms with E-state index < -0.39 is 0 Å². The van der Waals surface area contributed by atoms with E-state index in [2.05, 4.69) is 31.3 Å². The molecule has 3 fully saturated rings. The largest absolute Gasteiger partial charge is 0.382 e. The molecular weight excluding hydrogens is 248 g/mol. The first-order chi connectivity index (χ1) is 9.56. The van der Waals surface area contributed by atoms with E-state index in [1.165, 1.54) is 24.1 Å². The molecule has 1 amide bonds. The van der Waals surface area contributed by atoms with Crippen LogP contribution in [0.15, 0.2) is 23.4 Å². The average molecular weight is 274 g/mol. The maximum absolute atomic E-state index is 11.5. The van der Waals surface area contributed by atoms with Crippen molar-refractivity contribution in [1.82, 2.24) is 10.2 Å². The number of amides is 1. The Bertz CT molecular complexity index is 452. The van der Waals surface area contributed by atoms with Crippen molar-refractivity contribution in [1.29, 1.82) is 0 Å². The molecule has 1 saturated carbocycles. The molecule has 2 atom stereocenters. The molecule has 3 nitrogen and oxygen atoms in total. The maximum atomic E-state index is 11.5. The second-order valence-corrected chi connectivity index (χ2v) is 6.86. The van der Waals surface area contributed by atoms with Gasteiger partial charge in [0, 0.05) is 31.8 Å². The molecule has 110 valence electrons. The zero-order chi connectivity index (χ0) is 14.3. The quantitative estimate of drug-likeness (QED) is 0.858. The summed E-state index contributed by atoms with van der Waals surface area (Å²) >= 11 is 0. The van der Waals surface area contributed by atoms with Crippen molar-refractivity contribution in [2.45, 2.75) is 46.1 Å². The van der Waals surface area contributed by atoms with Crippen LogP contribution < -0.4 is 5.32 Å². The molecule has 0 spiro atoms. The highest BCUT2D eigenvalue weighted by Crippen LogP contribution is 2.41. The standard InChI is InChI=1S/C17H26N2O/c1-11(2)15-6-4-5-7-16(15)18-17-13-8-14(17)10-19(9-13)12(3)20/h6-7,11,13-14,17-18H,4-5,8-10H2,1-3H3. The van der Waals surface area contributed by atoms with Gasteiger partial charge in [-0.3, -0.25) is 4.79 Å². The molecule has 0 radical (unpaired) electrons. The summed E-state index contributed by atoms with van der Waals surface area (Å²) in [7, 11) is 0. The number of hydrogen-bond acceptors (Lipinski definition) is 2. The van der Waals surface area contributed by atoms with E-state index in [1.54, 1.807) is 6.92 Å². The Morgan fingerprint density at radius 2 is 1.90 bits per heavy atom. The fraction of sp³-hybridized carbons (Fsp3) is 0.706. The number of carbonyl (C=O) groups is 1. The van der Waals surface area contributed by atoms with Crippen molar-refractivity contribution in [3.63, 3.8) is 0 Å². The van der Waals surface area contributed by atoms with Crippen molar-refractivity contribution >= 4 is 5.91 Å². The van der Waals surface area contributed by atoms with E-state index >= 15 is 0 Å². The molecule has 0 aromatic rings. The number of fused-ring (bicyclic) bond motifs is 2. The van der Waals surface area contributed by atoms with Gasteiger partial charge in [0.15, 0.2) is 0 Å². The van der Waals surface area contributed by atoms with Crippen LogP contribution in [-0.4, -0.2) is 29.9 Å². The minimum atomic E-state index is 0.234. The lowest BCUT2D eigenvalue weighted by molar-refractivity contribution is -0.136. The fourth-order valence-electron chi connectivity index (χ4n) is 3.94. The molecule has 2 heterocycles. The third-order valence-corrected chi connectivity index (χ3v) is 5.11. The normalized spacial score (nSPS) is 32.4. The van der Waals surface area contributed by atoms with Crippen molar-refractivity contribution < 1.29 is 4.79 Å².